The number of hydrogen-bond acceptors (Lipinski definition) is 6. The summed E-state index contributed by atoms with van der Waals surface area (Å²) in [6, 6.07) is 0.570. The molecule has 1 aromatic heterocycles. The van der Waals surface area contributed by atoms with Gasteiger partial charge in [-0.15, -0.1) is 12.4 Å². The number of carbonyl (C=O) groups is 2. The molecule has 2 saturated heterocycles. The number of morpholine rings is 1. The molecule has 3 heterocycles. The number of imidazole rings is 1. The highest BCUT2D eigenvalue weighted by Gasteiger charge is 2.27. The first-order chi connectivity index (χ1) is 14.2. The number of halogens is 1. The van der Waals surface area contributed by atoms with Crippen LogP contribution in [0.25, 0.3) is 0 Å². The Morgan fingerprint density at radius 3 is 2.63 bits per heavy atom. The predicted octanol–water partition coefficient (Wildman–Crippen LogP) is 1.90. The smallest absolute Gasteiger partial charge is 0.325 e. The summed E-state index contributed by atoms with van der Waals surface area (Å²) in [6.45, 7) is 7.94. The Balaban J connectivity index is 0.00000320. The average molecular weight is 443 g/mol. The number of aromatic nitrogens is 2. The molecule has 0 saturated carbocycles. The molecule has 3 rings (SSSR count). The van der Waals surface area contributed by atoms with Crippen LogP contribution < -0.4 is 0 Å². The minimum absolute atomic E-state index is 0. The van der Waals surface area contributed by atoms with E-state index in [9.17, 15) is 9.59 Å². The number of carbonyl (C=O) groups excluding carboxylic acids is 2. The molecule has 0 N–H and O–H groups in total. The number of rotatable bonds is 9. The fraction of sp³-hybridized carbons (Fsp3) is 0.762. The fourth-order valence-electron chi connectivity index (χ4n) is 4.03. The van der Waals surface area contributed by atoms with Crippen molar-refractivity contribution in [2.45, 2.75) is 58.0 Å². The molecule has 0 atom stereocenters. The molecular formula is C21H35ClN4O4. The zero-order chi connectivity index (χ0) is 20.5. The van der Waals surface area contributed by atoms with Gasteiger partial charge in [0.1, 0.15) is 12.4 Å². The monoisotopic (exact) mass is 442 g/mol. The minimum Gasteiger partial charge on any atom is -0.464 e. The average Bonchev–Trinajstić information content (AvgIpc) is 3.19. The van der Waals surface area contributed by atoms with E-state index in [0.29, 0.717) is 25.5 Å². The molecule has 0 aromatic carbocycles. The van der Waals surface area contributed by atoms with Crippen molar-refractivity contribution in [2.75, 3.05) is 46.0 Å². The highest BCUT2D eigenvalue weighted by atomic mass is 35.5. The van der Waals surface area contributed by atoms with Gasteiger partial charge < -0.3 is 18.9 Å². The van der Waals surface area contributed by atoms with Gasteiger partial charge in [0.2, 0.25) is 5.91 Å². The van der Waals surface area contributed by atoms with E-state index in [2.05, 4.69) is 16.8 Å². The van der Waals surface area contributed by atoms with E-state index in [0.717, 1.165) is 70.9 Å². The third-order valence-corrected chi connectivity index (χ3v) is 5.80. The highest BCUT2D eigenvalue weighted by Crippen LogP contribution is 2.18. The number of amides is 1. The van der Waals surface area contributed by atoms with Gasteiger partial charge in [0.05, 0.1) is 19.8 Å². The van der Waals surface area contributed by atoms with Crippen LogP contribution in [0.3, 0.4) is 0 Å². The molecule has 0 spiro atoms. The van der Waals surface area contributed by atoms with Gasteiger partial charge in [-0.3, -0.25) is 14.5 Å². The number of ether oxygens (including phenoxy) is 2. The van der Waals surface area contributed by atoms with Crippen molar-refractivity contribution in [1.82, 2.24) is 19.4 Å². The van der Waals surface area contributed by atoms with E-state index in [1.807, 2.05) is 4.90 Å². The van der Waals surface area contributed by atoms with Crippen LogP contribution in [0, 0.1) is 0 Å². The first-order valence-electron chi connectivity index (χ1n) is 10.9. The van der Waals surface area contributed by atoms with Crippen molar-refractivity contribution in [3.05, 3.63) is 18.2 Å². The molecule has 2 aliphatic heterocycles. The number of unbranched alkanes of at least 4 members (excludes halogenated alkanes) is 1. The summed E-state index contributed by atoms with van der Waals surface area (Å²) in [5.74, 6) is 0.675. The third-order valence-electron chi connectivity index (χ3n) is 5.80. The lowest BCUT2D eigenvalue weighted by molar-refractivity contribution is -0.144. The first kappa shape index (κ1) is 24.6. The number of piperidine rings is 1. The van der Waals surface area contributed by atoms with Crippen molar-refractivity contribution >= 4 is 24.3 Å². The van der Waals surface area contributed by atoms with Crippen LogP contribution in [0.5, 0.6) is 0 Å². The first-order valence-corrected chi connectivity index (χ1v) is 10.9. The molecule has 9 heteroatoms. The molecule has 1 aromatic rings. The van der Waals surface area contributed by atoms with Crippen LogP contribution in [0.1, 0.15) is 44.9 Å². The lowest BCUT2D eigenvalue weighted by Crippen LogP contribution is -2.50. The van der Waals surface area contributed by atoms with Crippen molar-refractivity contribution in [3.63, 3.8) is 0 Å². The lowest BCUT2D eigenvalue weighted by atomic mass is 10.0. The van der Waals surface area contributed by atoms with Gasteiger partial charge in [-0.25, -0.2) is 4.98 Å². The van der Waals surface area contributed by atoms with E-state index in [1.54, 1.807) is 17.0 Å². The SMILES string of the molecule is CCCCOC(=O)Cn1ccnc1CCC(=O)N1CCC(N2CCOCC2)CC1.Cl. The summed E-state index contributed by atoms with van der Waals surface area (Å²) in [5.41, 5.74) is 0. The maximum atomic E-state index is 12.6. The minimum atomic E-state index is -0.255. The van der Waals surface area contributed by atoms with Gasteiger partial charge in [-0.1, -0.05) is 13.3 Å². The van der Waals surface area contributed by atoms with Gasteiger partial charge in [0.15, 0.2) is 0 Å². The zero-order valence-electron chi connectivity index (χ0n) is 18.0. The predicted molar refractivity (Wildman–Crippen MR) is 116 cm³/mol. The second kappa shape index (κ2) is 12.9. The van der Waals surface area contributed by atoms with E-state index in [4.69, 9.17) is 9.47 Å². The van der Waals surface area contributed by atoms with Crippen LogP contribution >= 0.6 is 12.4 Å². The second-order valence-corrected chi connectivity index (χ2v) is 7.81. The number of hydrogen-bond donors (Lipinski definition) is 0. The molecule has 0 aliphatic carbocycles. The zero-order valence-corrected chi connectivity index (χ0v) is 18.8. The molecule has 1 amide bonds. The highest BCUT2D eigenvalue weighted by molar-refractivity contribution is 5.85. The van der Waals surface area contributed by atoms with E-state index >= 15 is 0 Å². The summed E-state index contributed by atoms with van der Waals surface area (Å²) < 4.78 is 12.4. The van der Waals surface area contributed by atoms with Gasteiger partial charge in [-0.2, -0.15) is 0 Å². The van der Waals surface area contributed by atoms with E-state index < -0.39 is 0 Å². The fourth-order valence-corrected chi connectivity index (χ4v) is 4.03. The van der Waals surface area contributed by atoms with Crippen LogP contribution in [0.4, 0.5) is 0 Å². The maximum Gasteiger partial charge on any atom is 0.325 e. The van der Waals surface area contributed by atoms with Crippen molar-refractivity contribution in [1.29, 1.82) is 0 Å². The number of esters is 1. The molecule has 30 heavy (non-hydrogen) atoms. The molecular weight excluding hydrogens is 408 g/mol. The number of aryl methyl sites for hydroxylation is 1. The molecule has 8 nitrogen and oxygen atoms in total. The van der Waals surface area contributed by atoms with E-state index in [1.165, 1.54) is 0 Å². The van der Waals surface area contributed by atoms with Crippen LogP contribution in [0.2, 0.25) is 0 Å². The molecule has 2 aliphatic rings. The summed E-state index contributed by atoms with van der Waals surface area (Å²) >= 11 is 0. The standard InChI is InChI=1S/C21H34N4O4.ClH/c1-2-3-14-29-21(27)17-25-11-8-22-19(25)4-5-20(26)24-9-6-18(7-10-24)23-12-15-28-16-13-23;/h8,11,18H,2-7,9-10,12-17H2,1H3;1H. The molecule has 0 unspecified atom stereocenters. The summed E-state index contributed by atoms with van der Waals surface area (Å²) in [6.07, 6.45) is 8.34. The summed E-state index contributed by atoms with van der Waals surface area (Å²) in [7, 11) is 0. The Morgan fingerprint density at radius 1 is 1.20 bits per heavy atom. The Bertz CT molecular complexity index is 655. The van der Waals surface area contributed by atoms with Crippen molar-refractivity contribution in [3.8, 4) is 0 Å². The molecule has 2 fully saturated rings. The van der Waals surface area contributed by atoms with Crippen LogP contribution in [-0.2, 0) is 32.0 Å². The topological polar surface area (TPSA) is 76.9 Å². The maximum absolute atomic E-state index is 12.6. The molecule has 0 radical (unpaired) electrons. The van der Waals surface area contributed by atoms with Crippen LogP contribution in [0.15, 0.2) is 12.4 Å². The number of nitrogens with zero attached hydrogens (tertiary/aromatic N) is 4. The van der Waals surface area contributed by atoms with Crippen LogP contribution in [-0.4, -0.2) is 83.3 Å². The molecule has 170 valence electrons. The van der Waals surface area contributed by atoms with Gasteiger partial charge in [-0.05, 0) is 19.3 Å². The Hall–Kier alpha value is -1.64. The van der Waals surface area contributed by atoms with Gasteiger partial charge in [0, 0.05) is 57.5 Å². The largest absolute Gasteiger partial charge is 0.464 e. The van der Waals surface area contributed by atoms with Crippen molar-refractivity contribution in [2.24, 2.45) is 0 Å². The summed E-state index contributed by atoms with van der Waals surface area (Å²) in [4.78, 5) is 33.4. The molecule has 0 bridgehead atoms. The Labute approximate surface area is 185 Å². The van der Waals surface area contributed by atoms with E-state index in [-0.39, 0.29) is 30.8 Å². The normalized spacial score (nSPS) is 18.1. The quantitative estimate of drug-likeness (QED) is 0.429. The van der Waals surface area contributed by atoms with Gasteiger partial charge in [0.25, 0.3) is 0 Å². The van der Waals surface area contributed by atoms with Gasteiger partial charge >= 0.3 is 5.97 Å². The van der Waals surface area contributed by atoms with Crippen molar-refractivity contribution < 1.29 is 19.1 Å². The lowest BCUT2D eigenvalue weighted by Gasteiger charge is -2.40. The Morgan fingerprint density at radius 2 is 1.93 bits per heavy atom. The second-order valence-electron chi connectivity index (χ2n) is 7.81. The Kier molecular flexibility index (Phi) is 10.6. The third kappa shape index (κ3) is 7.25. The number of likely N-dealkylation sites (tertiary alicyclic amines) is 1. The summed E-state index contributed by atoms with van der Waals surface area (Å²) in [5, 5.41) is 0.